The van der Waals surface area contributed by atoms with Gasteiger partial charge in [0.2, 0.25) is 10.9 Å². The second kappa shape index (κ2) is 7.62. The summed E-state index contributed by atoms with van der Waals surface area (Å²) in [6.07, 6.45) is 1.83. The molecule has 0 aliphatic heterocycles. The van der Waals surface area contributed by atoms with Gasteiger partial charge in [0, 0.05) is 35.5 Å². The SMILES string of the molecule is C[C@@H]1CC2C3CC(F)=C4CC(=O)C=C[C@]4(C)[C@@]3(F)[C@@H](O)C[C@]2(C)[C@@]1(OC(=O)c1ccco1)C(=O)S. The van der Waals surface area contributed by atoms with Crippen molar-refractivity contribution in [1.82, 2.24) is 0 Å². The van der Waals surface area contributed by atoms with E-state index < -0.39 is 62.9 Å². The summed E-state index contributed by atoms with van der Waals surface area (Å²) in [5.74, 6) is -4.05. The number of esters is 1. The molecule has 1 aromatic rings. The molecule has 4 aliphatic rings. The van der Waals surface area contributed by atoms with Crippen LogP contribution in [0.1, 0.15) is 57.0 Å². The van der Waals surface area contributed by atoms with Crippen LogP contribution < -0.4 is 0 Å². The van der Waals surface area contributed by atoms with Gasteiger partial charge < -0.3 is 14.3 Å². The normalized spacial score (nSPS) is 44.5. The van der Waals surface area contributed by atoms with Gasteiger partial charge in [0.25, 0.3) is 0 Å². The van der Waals surface area contributed by atoms with Crippen LogP contribution in [0.3, 0.4) is 0 Å². The number of aliphatic hydroxyl groups excluding tert-OH is 1. The fourth-order valence-corrected chi connectivity index (χ4v) is 8.33. The van der Waals surface area contributed by atoms with Crippen molar-refractivity contribution in [3.8, 4) is 0 Å². The minimum Gasteiger partial charge on any atom is -0.457 e. The number of fused-ring (bicyclic) bond motifs is 5. The maximum absolute atomic E-state index is 17.3. The van der Waals surface area contributed by atoms with Gasteiger partial charge in [-0.2, -0.15) is 0 Å². The molecule has 8 atom stereocenters. The van der Waals surface area contributed by atoms with Gasteiger partial charge in [-0.05, 0) is 49.5 Å². The Morgan fingerprint density at radius 1 is 1.29 bits per heavy atom. The fraction of sp³-hybridized carbons (Fsp3) is 0.577. The Balaban J connectivity index is 1.63. The number of ketones is 1. The number of ether oxygens (including phenoxy) is 1. The Morgan fingerprint density at radius 3 is 2.63 bits per heavy atom. The van der Waals surface area contributed by atoms with Gasteiger partial charge in [-0.3, -0.25) is 9.59 Å². The highest BCUT2D eigenvalue weighted by Crippen LogP contribution is 2.71. The molecular weight excluding hydrogens is 478 g/mol. The predicted octanol–water partition coefficient (Wildman–Crippen LogP) is 4.55. The zero-order chi connectivity index (χ0) is 25.6. The summed E-state index contributed by atoms with van der Waals surface area (Å²) >= 11 is 4.11. The number of carbonyl (C=O) groups is 3. The van der Waals surface area contributed by atoms with Crippen LogP contribution >= 0.6 is 12.6 Å². The van der Waals surface area contributed by atoms with E-state index in [9.17, 15) is 19.5 Å². The molecule has 9 heteroatoms. The number of allylic oxidation sites excluding steroid dienone is 4. The first kappa shape index (κ1) is 24.4. The van der Waals surface area contributed by atoms with E-state index in [0.29, 0.717) is 0 Å². The van der Waals surface area contributed by atoms with Crippen LogP contribution in [0.4, 0.5) is 8.78 Å². The summed E-state index contributed by atoms with van der Waals surface area (Å²) in [7, 11) is 0. The third-order valence-electron chi connectivity index (χ3n) is 9.49. The van der Waals surface area contributed by atoms with Crippen molar-refractivity contribution in [1.29, 1.82) is 0 Å². The highest BCUT2D eigenvalue weighted by atomic mass is 32.1. The standard InChI is InChI=1S/C26H28F2O6S/c1-13-9-15-16-11-18(27)17-10-14(29)6-7-23(17,2)25(16,28)20(30)12-24(15,3)26(13,22(32)35)34-21(31)19-5-4-8-33-19/h4-8,13,15-16,20,30H,9-12H2,1-3H3,(H,32,35)/t13-,15?,16?,20+,23+,24+,25+,26+/m1/s1. The smallest absolute Gasteiger partial charge is 0.375 e. The van der Waals surface area contributed by atoms with E-state index in [1.165, 1.54) is 37.5 Å². The van der Waals surface area contributed by atoms with Gasteiger partial charge >= 0.3 is 5.97 Å². The van der Waals surface area contributed by atoms with Crippen molar-refractivity contribution < 1.29 is 37.4 Å². The minimum absolute atomic E-state index is 0.0678. The molecule has 0 spiro atoms. The number of rotatable bonds is 3. The third-order valence-corrected chi connectivity index (χ3v) is 9.82. The lowest BCUT2D eigenvalue weighted by molar-refractivity contribution is -0.214. The van der Waals surface area contributed by atoms with Crippen LogP contribution in [0.25, 0.3) is 0 Å². The molecule has 188 valence electrons. The lowest BCUT2D eigenvalue weighted by Gasteiger charge is -2.62. The maximum atomic E-state index is 17.3. The maximum Gasteiger partial charge on any atom is 0.375 e. The Kier molecular flexibility index (Phi) is 5.32. The first-order valence-corrected chi connectivity index (χ1v) is 12.2. The van der Waals surface area contributed by atoms with Crippen molar-refractivity contribution in [3.05, 3.63) is 47.7 Å². The molecule has 2 unspecified atom stereocenters. The molecular formula is C26H28F2O6S. The van der Waals surface area contributed by atoms with Crippen LogP contribution in [0, 0.1) is 28.6 Å². The zero-order valence-corrected chi connectivity index (χ0v) is 20.6. The topological polar surface area (TPSA) is 93.8 Å². The van der Waals surface area contributed by atoms with E-state index in [2.05, 4.69) is 12.6 Å². The molecule has 2 saturated carbocycles. The Labute approximate surface area is 207 Å². The monoisotopic (exact) mass is 506 g/mol. The number of furan rings is 1. The molecule has 35 heavy (non-hydrogen) atoms. The van der Waals surface area contributed by atoms with Crippen LogP contribution in [-0.4, -0.2) is 39.3 Å². The summed E-state index contributed by atoms with van der Waals surface area (Å²) in [6.45, 7) is 4.93. The van der Waals surface area contributed by atoms with Crippen molar-refractivity contribution in [2.75, 3.05) is 0 Å². The Bertz CT molecular complexity index is 1180. The number of aliphatic hydroxyl groups is 1. The molecule has 0 radical (unpaired) electrons. The molecule has 4 aliphatic carbocycles. The Morgan fingerprint density at radius 2 is 2.00 bits per heavy atom. The number of hydrogen-bond acceptors (Lipinski definition) is 6. The van der Waals surface area contributed by atoms with E-state index in [-0.39, 0.29) is 42.8 Å². The number of thiol groups is 1. The van der Waals surface area contributed by atoms with Gasteiger partial charge in [0.05, 0.1) is 12.4 Å². The number of carbonyl (C=O) groups excluding carboxylic acids is 3. The van der Waals surface area contributed by atoms with E-state index in [1.54, 1.807) is 13.8 Å². The quantitative estimate of drug-likeness (QED) is 0.462. The van der Waals surface area contributed by atoms with Crippen LogP contribution in [0.5, 0.6) is 0 Å². The lowest BCUT2D eigenvalue weighted by Crippen LogP contribution is -2.69. The summed E-state index contributed by atoms with van der Waals surface area (Å²) in [5.41, 5.74) is -6.74. The molecule has 1 aromatic heterocycles. The van der Waals surface area contributed by atoms with Gasteiger partial charge in [-0.25, -0.2) is 13.6 Å². The average Bonchev–Trinajstić information content (AvgIpc) is 3.39. The molecule has 0 saturated heterocycles. The molecule has 6 nitrogen and oxygen atoms in total. The minimum atomic E-state index is -2.28. The number of alkyl halides is 1. The van der Waals surface area contributed by atoms with Crippen LogP contribution in [0.15, 0.2) is 46.4 Å². The summed E-state index contributed by atoms with van der Waals surface area (Å²) in [4.78, 5) is 38.1. The summed E-state index contributed by atoms with van der Waals surface area (Å²) in [6, 6.07) is 2.91. The van der Waals surface area contributed by atoms with Crippen molar-refractivity contribution in [2.45, 2.75) is 63.8 Å². The van der Waals surface area contributed by atoms with Gasteiger partial charge in [0.15, 0.2) is 17.1 Å². The Hall–Kier alpha value is -2.26. The zero-order valence-electron chi connectivity index (χ0n) is 19.7. The van der Waals surface area contributed by atoms with Crippen LogP contribution in [0.2, 0.25) is 0 Å². The summed E-state index contributed by atoms with van der Waals surface area (Å²) < 4.78 is 43.8. The average molecular weight is 507 g/mol. The van der Waals surface area contributed by atoms with Crippen LogP contribution in [-0.2, 0) is 14.3 Å². The van der Waals surface area contributed by atoms with Gasteiger partial charge in [0.1, 0.15) is 5.83 Å². The number of halogens is 2. The summed E-state index contributed by atoms with van der Waals surface area (Å²) in [5, 5.41) is 10.7. The first-order valence-electron chi connectivity index (χ1n) is 11.8. The molecule has 2 fully saturated rings. The van der Waals surface area contributed by atoms with E-state index in [1.807, 2.05) is 0 Å². The van der Waals surface area contributed by atoms with Gasteiger partial charge in [-0.15, -0.1) is 12.6 Å². The molecule has 0 amide bonds. The first-order chi connectivity index (χ1) is 16.3. The molecule has 1 heterocycles. The second-order valence-corrected chi connectivity index (χ2v) is 11.3. The fourth-order valence-electron chi connectivity index (χ4n) is 7.81. The molecule has 0 bridgehead atoms. The van der Waals surface area contributed by atoms with Crippen molar-refractivity contribution in [2.24, 2.45) is 28.6 Å². The van der Waals surface area contributed by atoms with E-state index in [0.717, 1.165) is 0 Å². The number of hydrogen-bond donors (Lipinski definition) is 2. The van der Waals surface area contributed by atoms with Crippen molar-refractivity contribution >= 4 is 29.5 Å². The molecule has 0 aromatic carbocycles. The largest absolute Gasteiger partial charge is 0.457 e. The molecule has 5 rings (SSSR count). The molecule has 1 N–H and O–H groups in total. The van der Waals surface area contributed by atoms with Gasteiger partial charge in [-0.1, -0.05) is 19.9 Å². The van der Waals surface area contributed by atoms with Crippen molar-refractivity contribution in [3.63, 3.8) is 0 Å². The van der Waals surface area contributed by atoms with E-state index >= 15 is 8.78 Å². The highest BCUT2D eigenvalue weighted by molar-refractivity contribution is 7.96. The highest BCUT2D eigenvalue weighted by Gasteiger charge is 2.77. The predicted molar refractivity (Wildman–Crippen MR) is 124 cm³/mol. The third kappa shape index (κ3) is 2.88. The second-order valence-electron chi connectivity index (χ2n) is 10.9. The van der Waals surface area contributed by atoms with E-state index in [4.69, 9.17) is 9.15 Å². The lowest BCUT2D eigenvalue weighted by atomic mass is 9.45.